The third kappa shape index (κ3) is 5.74. The van der Waals surface area contributed by atoms with Crippen LogP contribution in [0, 0.1) is 5.92 Å². The average Bonchev–Trinajstić information content (AvgIpc) is 3.50. The number of hydrogen-bond acceptors (Lipinski definition) is 5. The lowest BCUT2D eigenvalue weighted by atomic mass is 10.2. The summed E-state index contributed by atoms with van der Waals surface area (Å²) in [5.74, 6) is 0.696. The fraction of sp³-hybridized carbons (Fsp3) is 0.667. The van der Waals surface area contributed by atoms with Crippen molar-refractivity contribution in [2.24, 2.45) is 5.92 Å². The molecule has 1 aromatic rings. The number of nitrogens with one attached hydrogen (secondary N) is 1. The standard InChI is InChI=1S/C18H28N2O5S2/c21-26(22,19-11-4-14-25-15-16-5-6-16)17-7-9-18(10-8-17)27(23,24)20-12-2-1-3-13-20/h7-10,16,19H,1-6,11-15H2. The van der Waals surface area contributed by atoms with Crippen molar-refractivity contribution in [1.82, 2.24) is 9.03 Å². The van der Waals surface area contributed by atoms with Crippen LogP contribution in [-0.2, 0) is 24.8 Å². The van der Waals surface area contributed by atoms with E-state index < -0.39 is 20.0 Å². The van der Waals surface area contributed by atoms with Gasteiger partial charge in [-0.1, -0.05) is 6.42 Å². The first-order chi connectivity index (χ1) is 12.9. The number of nitrogens with zero attached hydrogens (tertiary/aromatic N) is 1. The van der Waals surface area contributed by atoms with Gasteiger partial charge in [0.2, 0.25) is 20.0 Å². The first-order valence-electron chi connectivity index (χ1n) is 9.57. The molecule has 0 amide bonds. The highest BCUT2D eigenvalue weighted by Gasteiger charge is 2.26. The maximum absolute atomic E-state index is 12.6. The Labute approximate surface area is 162 Å². The van der Waals surface area contributed by atoms with Gasteiger partial charge in [-0.15, -0.1) is 0 Å². The molecule has 7 nitrogen and oxygen atoms in total. The van der Waals surface area contributed by atoms with Crippen molar-refractivity contribution in [3.05, 3.63) is 24.3 Å². The molecule has 152 valence electrons. The van der Waals surface area contributed by atoms with Crippen LogP contribution in [-0.4, -0.2) is 54.0 Å². The molecule has 9 heteroatoms. The fourth-order valence-electron chi connectivity index (χ4n) is 3.04. The lowest BCUT2D eigenvalue weighted by Gasteiger charge is -2.25. The lowest BCUT2D eigenvalue weighted by Crippen LogP contribution is -2.35. The SMILES string of the molecule is O=S(=O)(NCCCOCC1CC1)c1ccc(S(=O)(=O)N2CCCCC2)cc1. The molecule has 3 rings (SSSR count). The van der Waals surface area contributed by atoms with Crippen molar-refractivity contribution in [3.8, 4) is 0 Å². The average molecular weight is 417 g/mol. The molecule has 1 heterocycles. The quantitative estimate of drug-likeness (QED) is 0.589. The van der Waals surface area contributed by atoms with E-state index in [0.717, 1.165) is 25.9 Å². The first-order valence-corrected chi connectivity index (χ1v) is 12.5. The van der Waals surface area contributed by atoms with Gasteiger partial charge in [-0.05, 0) is 62.3 Å². The van der Waals surface area contributed by atoms with E-state index in [0.29, 0.717) is 38.6 Å². The molecule has 1 aliphatic heterocycles. The molecule has 0 radical (unpaired) electrons. The van der Waals surface area contributed by atoms with Gasteiger partial charge in [-0.3, -0.25) is 0 Å². The monoisotopic (exact) mass is 416 g/mol. The maximum atomic E-state index is 12.6. The second-order valence-electron chi connectivity index (χ2n) is 7.21. The Morgan fingerprint density at radius 3 is 2.22 bits per heavy atom. The van der Waals surface area contributed by atoms with Crippen LogP contribution in [0.15, 0.2) is 34.1 Å². The molecule has 0 unspecified atom stereocenters. The van der Waals surface area contributed by atoms with Gasteiger partial charge in [0, 0.05) is 32.8 Å². The van der Waals surface area contributed by atoms with Crippen LogP contribution in [0.2, 0.25) is 0 Å². The number of benzene rings is 1. The molecule has 1 aromatic carbocycles. The van der Waals surface area contributed by atoms with Gasteiger partial charge in [0.05, 0.1) is 9.79 Å². The highest BCUT2D eigenvalue weighted by atomic mass is 32.2. The molecule has 2 fully saturated rings. The summed E-state index contributed by atoms with van der Waals surface area (Å²) in [6.45, 7) is 2.63. The van der Waals surface area contributed by atoms with Gasteiger partial charge in [0.25, 0.3) is 0 Å². The molecule has 0 atom stereocenters. The van der Waals surface area contributed by atoms with Crippen LogP contribution in [0.25, 0.3) is 0 Å². The van der Waals surface area contributed by atoms with Crippen molar-refractivity contribution >= 4 is 20.0 Å². The van der Waals surface area contributed by atoms with E-state index >= 15 is 0 Å². The molecule has 0 aromatic heterocycles. The van der Waals surface area contributed by atoms with Gasteiger partial charge in [0.1, 0.15) is 0 Å². The Balaban J connectivity index is 1.53. The Kier molecular flexibility index (Phi) is 6.91. The fourth-order valence-corrected chi connectivity index (χ4v) is 5.63. The van der Waals surface area contributed by atoms with E-state index in [2.05, 4.69) is 4.72 Å². The topological polar surface area (TPSA) is 92.8 Å². The summed E-state index contributed by atoms with van der Waals surface area (Å²) >= 11 is 0. The van der Waals surface area contributed by atoms with Crippen LogP contribution in [0.1, 0.15) is 38.5 Å². The number of hydrogen-bond donors (Lipinski definition) is 1. The minimum Gasteiger partial charge on any atom is -0.381 e. The molecule has 1 N–H and O–H groups in total. The van der Waals surface area contributed by atoms with Crippen LogP contribution in [0.5, 0.6) is 0 Å². The van der Waals surface area contributed by atoms with E-state index in [1.807, 2.05) is 0 Å². The highest BCUT2D eigenvalue weighted by molar-refractivity contribution is 7.89. The van der Waals surface area contributed by atoms with E-state index in [1.54, 1.807) is 0 Å². The van der Waals surface area contributed by atoms with Crippen molar-refractivity contribution < 1.29 is 21.6 Å². The van der Waals surface area contributed by atoms with Gasteiger partial charge in [-0.25, -0.2) is 21.6 Å². The predicted octanol–water partition coefficient (Wildman–Crippen LogP) is 1.96. The van der Waals surface area contributed by atoms with Crippen LogP contribution in [0.3, 0.4) is 0 Å². The number of ether oxygens (including phenoxy) is 1. The lowest BCUT2D eigenvalue weighted by molar-refractivity contribution is 0.123. The first kappa shape index (κ1) is 20.7. The summed E-state index contributed by atoms with van der Waals surface area (Å²) in [6.07, 6.45) is 5.83. The van der Waals surface area contributed by atoms with E-state index in [1.165, 1.54) is 41.4 Å². The van der Waals surface area contributed by atoms with Crippen molar-refractivity contribution in [3.63, 3.8) is 0 Å². The van der Waals surface area contributed by atoms with E-state index in [9.17, 15) is 16.8 Å². The summed E-state index contributed by atoms with van der Waals surface area (Å²) in [5, 5.41) is 0. The van der Waals surface area contributed by atoms with Crippen molar-refractivity contribution in [2.45, 2.75) is 48.3 Å². The van der Waals surface area contributed by atoms with Gasteiger partial charge in [-0.2, -0.15) is 4.31 Å². The van der Waals surface area contributed by atoms with Crippen LogP contribution >= 0.6 is 0 Å². The minimum absolute atomic E-state index is 0.0685. The molecule has 2 aliphatic rings. The van der Waals surface area contributed by atoms with Gasteiger partial charge in [0.15, 0.2) is 0 Å². The smallest absolute Gasteiger partial charge is 0.243 e. The van der Waals surface area contributed by atoms with Crippen molar-refractivity contribution in [2.75, 3.05) is 32.8 Å². The molecular formula is C18H28N2O5S2. The molecule has 1 aliphatic carbocycles. The Bertz CT molecular complexity index is 812. The molecule has 27 heavy (non-hydrogen) atoms. The summed E-state index contributed by atoms with van der Waals surface area (Å²) in [5.41, 5.74) is 0. The van der Waals surface area contributed by atoms with Crippen LogP contribution in [0.4, 0.5) is 0 Å². The summed E-state index contributed by atoms with van der Waals surface area (Å²) in [4.78, 5) is 0.204. The third-order valence-electron chi connectivity index (χ3n) is 4.89. The number of sulfonamides is 2. The minimum atomic E-state index is -3.65. The Morgan fingerprint density at radius 2 is 1.59 bits per heavy atom. The number of piperidine rings is 1. The third-order valence-corrected chi connectivity index (χ3v) is 8.28. The van der Waals surface area contributed by atoms with Gasteiger partial charge < -0.3 is 4.74 Å². The summed E-state index contributed by atoms with van der Waals surface area (Å²) in [6, 6.07) is 5.44. The summed E-state index contributed by atoms with van der Waals surface area (Å²) in [7, 11) is -7.20. The van der Waals surface area contributed by atoms with Crippen LogP contribution < -0.4 is 4.72 Å². The Morgan fingerprint density at radius 1 is 0.963 bits per heavy atom. The van der Waals surface area contributed by atoms with Crippen molar-refractivity contribution in [1.29, 1.82) is 0 Å². The molecule has 0 bridgehead atoms. The molecular weight excluding hydrogens is 388 g/mol. The molecule has 1 saturated carbocycles. The zero-order valence-corrected chi connectivity index (χ0v) is 17.1. The second kappa shape index (κ2) is 9.00. The predicted molar refractivity (Wildman–Crippen MR) is 102 cm³/mol. The highest BCUT2D eigenvalue weighted by Crippen LogP contribution is 2.28. The summed E-state index contributed by atoms with van der Waals surface area (Å²) < 4.78 is 59.4. The molecule has 1 saturated heterocycles. The van der Waals surface area contributed by atoms with E-state index in [-0.39, 0.29) is 9.79 Å². The maximum Gasteiger partial charge on any atom is 0.243 e. The largest absolute Gasteiger partial charge is 0.381 e. The zero-order valence-electron chi connectivity index (χ0n) is 15.5. The number of rotatable bonds is 10. The zero-order chi connectivity index (χ0) is 19.3. The normalized spacial score (nSPS) is 19.3. The second-order valence-corrected chi connectivity index (χ2v) is 10.9. The Hall–Kier alpha value is -1.00. The van der Waals surface area contributed by atoms with E-state index in [4.69, 9.17) is 4.74 Å². The van der Waals surface area contributed by atoms with Gasteiger partial charge >= 0.3 is 0 Å². The molecule has 0 spiro atoms.